The summed E-state index contributed by atoms with van der Waals surface area (Å²) in [6.45, 7) is 13.9. The van der Waals surface area contributed by atoms with E-state index in [9.17, 15) is 33.9 Å². The maximum absolute atomic E-state index is 13.5. The number of aromatic nitrogens is 2. The van der Waals surface area contributed by atoms with Gasteiger partial charge in [0.05, 0.1) is 25.1 Å². The fourth-order valence-electron chi connectivity index (χ4n) is 7.95. The molecule has 3 heterocycles. The Hall–Kier alpha value is -5.55. The normalized spacial score (nSPS) is 20.2. The molecule has 2 aromatic rings. The van der Waals surface area contributed by atoms with Crippen LogP contribution in [0.4, 0.5) is 24.9 Å². The summed E-state index contributed by atoms with van der Waals surface area (Å²) >= 11 is 0. The summed E-state index contributed by atoms with van der Waals surface area (Å²) in [6.07, 6.45) is 11.0. The van der Waals surface area contributed by atoms with Crippen molar-refractivity contribution >= 4 is 41.9 Å². The highest BCUT2D eigenvalue weighted by atomic mass is 16.6. The van der Waals surface area contributed by atoms with Gasteiger partial charge < -0.3 is 43.7 Å². The molecule has 1 aromatic carbocycles. The number of carboxylic acids is 1. The lowest BCUT2D eigenvalue weighted by Gasteiger charge is -2.40. The van der Waals surface area contributed by atoms with Crippen molar-refractivity contribution in [2.45, 2.75) is 155 Å². The minimum absolute atomic E-state index is 0.0223. The van der Waals surface area contributed by atoms with Crippen LogP contribution in [-0.2, 0) is 35.1 Å². The predicted octanol–water partition coefficient (Wildman–Crippen LogP) is 7.03. The summed E-state index contributed by atoms with van der Waals surface area (Å²) in [5.41, 5.74) is 1.21. The Labute approximate surface area is 370 Å². The molecule has 18 heteroatoms. The molecule has 63 heavy (non-hydrogen) atoms. The molecule has 0 radical (unpaired) electrons. The van der Waals surface area contributed by atoms with Crippen molar-refractivity contribution in [3.63, 3.8) is 0 Å². The lowest BCUT2D eigenvalue weighted by atomic mass is 9.98. The molecule has 0 bridgehead atoms. The lowest BCUT2D eigenvalue weighted by molar-refractivity contribution is -0.145. The van der Waals surface area contributed by atoms with Gasteiger partial charge in [-0.3, -0.25) is 14.6 Å². The van der Waals surface area contributed by atoms with Crippen molar-refractivity contribution in [3.8, 4) is 0 Å². The third kappa shape index (κ3) is 15.1. The van der Waals surface area contributed by atoms with Crippen LogP contribution in [0.25, 0.3) is 0 Å². The number of hydrogen-bond acceptors (Lipinski definition) is 11. The van der Waals surface area contributed by atoms with Crippen LogP contribution in [0.15, 0.2) is 36.8 Å². The van der Waals surface area contributed by atoms with Crippen molar-refractivity contribution < 1.29 is 52.8 Å². The molecule has 2 unspecified atom stereocenters. The number of benzene rings is 1. The first-order valence-electron chi connectivity index (χ1n) is 22.3. The van der Waals surface area contributed by atoms with E-state index in [4.69, 9.17) is 18.9 Å². The summed E-state index contributed by atoms with van der Waals surface area (Å²) in [5, 5.41) is 12.4. The zero-order valence-corrected chi connectivity index (χ0v) is 38.0. The Morgan fingerprint density at radius 2 is 1.19 bits per heavy atom. The number of carbonyl (C=O) groups excluding carboxylic acids is 5. The second kappa shape index (κ2) is 21.7. The highest BCUT2D eigenvalue weighted by molar-refractivity contribution is 5.97. The quantitative estimate of drug-likeness (QED) is 0.269. The molecule has 1 aromatic heterocycles. The van der Waals surface area contributed by atoms with Gasteiger partial charge in [-0.15, -0.1) is 0 Å². The number of amides is 5. The number of carbonyl (C=O) groups is 6. The van der Waals surface area contributed by atoms with Crippen LogP contribution in [0.3, 0.4) is 0 Å². The summed E-state index contributed by atoms with van der Waals surface area (Å²) in [5.74, 6) is -1.54. The van der Waals surface area contributed by atoms with E-state index in [1.165, 1.54) is 19.6 Å². The zero-order valence-electron chi connectivity index (χ0n) is 38.0. The summed E-state index contributed by atoms with van der Waals surface area (Å²) < 4.78 is 24.0. The molecule has 18 nitrogen and oxygen atoms in total. The first kappa shape index (κ1) is 48.5. The Kier molecular flexibility index (Phi) is 16.7. The molecule has 2 aliphatic carbocycles. The fraction of sp³-hybridized carbons (Fsp3) is 0.667. The third-order valence-corrected chi connectivity index (χ3v) is 11.1. The average Bonchev–Trinajstić information content (AvgIpc) is 3.63. The highest BCUT2D eigenvalue weighted by Crippen LogP contribution is 2.25. The summed E-state index contributed by atoms with van der Waals surface area (Å²) in [7, 11) is 0. The number of ether oxygens (including phenoxy) is 4. The Morgan fingerprint density at radius 3 is 1.65 bits per heavy atom. The third-order valence-electron chi connectivity index (χ3n) is 11.1. The van der Waals surface area contributed by atoms with Crippen molar-refractivity contribution in [1.29, 1.82) is 0 Å². The molecule has 2 saturated heterocycles. The van der Waals surface area contributed by atoms with Gasteiger partial charge in [-0.25, -0.2) is 29.0 Å². The van der Waals surface area contributed by atoms with E-state index >= 15 is 0 Å². The largest absolute Gasteiger partial charge is 0.480 e. The Morgan fingerprint density at radius 1 is 0.698 bits per heavy atom. The van der Waals surface area contributed by atoms with E-state index in [2.05, 4.69) is 10.3 Å². The number of piperazine rings is 2. The first-order chi connectivity index (χ1) is 29.7. The van der Waals surface area contributed by atoms with E-state index in [0.29, 0.717) is 12.2 Å². The molecule has 2 aliphatic heterocycles. The van der Waals surface area contributed by atoms with Gasteiger partial charge >= 0.3 is 30.3 Å². The second-order valence-corrected chi connectivity index (χ2v) is 18.8. The average molecular weight is 882 g/mol. The summed E-state index contributed by atoms with van der Waals surface area (Å²) in [4.78, 5) is 85.4. The minimum atomic E-state index is -1.16. The molecule has 348 valence electrons. The van der Waals surface area contributed by atoms with Gasteiger partial charge in [0.15, 0.2) is 6.04 Å². The van der Waals surface area contributed by atoms with Gasteiger partial charge in [0.1, 0.15) is 29.5 Å². The topological polar surface area (TPSA) is 202 Å². The van der Waals surface area contributed by atoms with Crippen LogP contribution >= 0.6 is 0 Å². The van der Waals surface area contributed by atoms with E-state index in [-0.39, 0.29) is 57.4 Å². The smallest absolute Gasteiger partial charge is 0.410 e. The van der Waals surface area contributed by atoms with Crippen LogP contribution in [0.5, 0.6) is 0 Å². The molecule has 5 amide bonds. The van der Waals surface area contributed by atoms with Gasteiger partial charge in [-0.2, -0.15) is 0 Å². The van der Waals surface area contributed by atoms with Gasteiger partial charge in [0.25, 0.3) is 0 Å². The molecule has 6 rings (SSSR count). The van der Waals surface area contributed by atoms with Crippen LogP contribution in [0, 0.1) is 6.92 Å². The van der Waals surface area contributed by atoms with E-state index < -0.39 is 53.6 Å². The SMILES string of the molecule is CC(C)(C)OC(=O)N1CCN(C(=O)OC2CCCCC2)C(C(=O)O)C1.Cc1cn(Cc2cccc(NC(=O)C3CN(C(=O)OC(C)(C)C)CCN3C(=O)OC3CCCCC3)c2)cn1. The van der Waals surface area contributed by atoms with Crippen molar-refractivity contribution in [2.24, 2.45) is 0 Å². The molecular formula is C45H67N7O11. The number of aliphatic carboxylic acids is 1. The van der Waals surface area contributed by atoms with Crippen LogP contribution < -0.4 is 5.32 Å². The molecule has 2 N–H and O–H groups in total. The number of carboxylic acid groups (broad SMARTS) is 1. The second-order valence-electron chi connectivity index (χ2n) is 18.8. The van der Waals surface area contributed by atoms with E-state index in [1.807, 2.05) is 35.9 Å². The van der Waals surface area contributed by atoms with Gasteiger partial charge in [0, 0.05) is 44.6 Å². The van der Waals surface area contributed by atoms with E-state index in [0.717, 1.165) is 75.5 Å². The van der Waals surface area contributed by atoms with Crippen LogP contribution in [0.1, 0.15) is 117 Å². The monoisotopic (exact) mass is 881 g/mol. The summed E-state index contributed by atoms with van der Waals surface area (Å²) in [6, 6.07) is 5.51. The van der Waals surface area contributed by atoms with E-state index in [1.54, 1.807) is 53.9 Å². The van der Waals surface area contributed by atoms with Crippen LogP contribution in [-0.4, -0.2) is 145 Å². The number of imidazole rings is 1. The molecule has 4 aliphatic rings. The standard InChI is InChI=1S/C28H39N5O5.C17H28N2O6/c1-20-16-31(19-29-20)17-21-9-8-10-22(15-21)30-25(34)24-18-32(26(35)38-28(2,3)4)13-14-33(24)27(36)37-23-11-6-5-7-12-23;1-17(2,3)25-15(22)18-9-10-19(13(11-18)14(20)21)16(23)24-12-7-5-4-6-8-12/h8-10,15-16,19,23-24H,5-7,11-14,17-18H2,1-4H3,(H,30,34);12-13H,4-11H2,1-3H3,(H,20,21). The molecular weight excluding hydrogens is 815 g/mol. The highest BCUT2D eigenvalue weighted by Gasteiger charge is 2.41. The van der Waals surface area contributed by atoms with Crippen molar-refractivity contribution in [1.82, 2.24) is 29.2 Å². The number of anilines is 1. The van der Waals surface area contributed by atoms with Gasteiger partial charge in [-0.05, 0) is 118 Å². The lowest BCUT2D eigenvalue weighted by Crippen LogP contribution is -2.61. The number of nitrogens with zero attached hydrogens (tertiary/aromatic N) is 6. The number of nitrogens with one attached hydrogen (secondary N) is 1. The molecule has 4 fully saturated rings. The number of aryl methyl sites for hydroxylation is 1. The van der Waals surface area contributed by atoms with Gasteiger partial charge in [-0.1, -0.05) is 25.0 Å². The Bertz CT molecular complexity index is 1900. The maximum atomic E-state index is 13.5. The van der Waals surface area contributed by atoms with Crippen LogP contribution in [0.2, 0.25) is 0 Å². The zero-order chi connectivity index (χ0) is 45.9. The molecule has 0 spiro atoms. The maximum Gasteiger partial charge on any atom is 0.410 e. The van der Waals surface area contributed by atoms with Gasteiger partial charge in [0.2, 0.25) is 5.91 Å². The van der Waals surface area contributed by atoms with Crippen molar-refractivity contribution in [3.05, 3.63) is 48.0 Å². The predicted molar refractivity (Wildman–Crippen MR) is 232 cm³/mol. The number of hydrogen-bond donors (Lipinski definition) is 2. The molecule has 2 saturated carbocycles. The van der Waals surface area contributed by atoms with Crippen molar-refractivity contribution in [2.75, 3.05) is 44.6 Å². The fourth-order valence-corrected chi connectivity index (χ4v) is 7.95. The molecule has 2 atom stereocenters. The Balaban J connectivity index is 0.000000260. The minimum Gasteiger partial charge on any atom is -0.480 e. The first-order valence-corrected chi connectivity index (χ1v) is 22.3. The number of rotatable bonds is 7.